The van der Waals surface area contributed by atoms with E-state index < -0.39 is 0 Å². The molecule has 15 heavy (non-hydrogen) atoms. The van der Waals surface area contributed by atoms with Crippen molar-refractivity contribution in [2.45, 2.75) is 51.0 Å². The van der Waals surface area contributed by atoms with E-state index in [1.165, 1.54) is 19.3 Å². The topological polar surface area (TPSA) is 38.3 Å². The van der Waals surface area contributed by atoms with Crippen LogP contribution in [0.2, 0.25) is 0 Å². The predicted molar refractivity (Wildman–Crippen MR) is 58.6 cm³/mol. The third-order valence-electron chi connectivity index (χ3n) is 3.51. The van der Waals surface area contributed by atoms with Crippen LogP contribution < -0.4 is 5.32 Å². The summed E-state index contributed by atoms with van der Waals surface area (Å²) in [4.78, 5) is 11.7. The number of nitrogens with one attached hydrogen (secondary N) is 1. The Hall–Kier alpha value is -0.570. The van der Waals surface area contributed by atoms with Crippen LogP contribution >= 0.6 is 0 Å². The van der Waals surface area contributed by atoms with Gasteiger partial charge in [0.05, 0.1) is 6.10 Å². The summed E-state index contributed by atoms with van der Waals surface area (Å²) < 4.78 is 5.58. The molecular formula is C12H21NO2. The van der Waals surface area contributed by atoms with Crippen LogP contribution in [0.4, 0.5) is 0 Å². The minimum absolute atomic E-state index is 0.247. The molecule has 2 atom stereocenters. The molecule has 2 unspecified atom stereocenters. The minimum atomic E-state index is 0.247. The van der Waals surface area contributed by atoms with Crippen LogP contribution in [-0.4, -0.2) is 25.2 Å². The highest BCUT2D eigenvalue weighted by Crippen LogP contribution is 2.23. The van der Waals surface area contributed by atoms with E-state index in [1.54, 1.807) is 0 Å². The summed E-state index contributed by atoms with van der Waals surface area (Å²) in [5.74, 6) is 0.516. The van der Waals surface area contributed by atoms with E-state index in [0.29, 0.717) is 6.10 Å². The minimum Gasteiger partial charge on any atom is -0.378 e. The third kappa shape index (κ3) is 3.20. The molecule has 2 aliphatic rings. The molecule has 0 bridgehead atoms. The molecule has 0 aromatic heterocycles. The van der Waals surface area contributed by atoms with Gasteiger partial charge in [0, 0.05) is 19.1 Å². The Bertz CT molecular complexity index is 212. The summed E-state index contributed by atoms with van der Waals surface area (Å²) in [7, 11) is 0. The first kappa shape index (κ1) is 10.9. The van der Waals surface area contributed by atoms with Crippen molar-refractivity contribution < 1.29 is 9.53 Å². The van der Waals surface area contributed by atoms with Crippen molar-refractivity contribution >= 4 is 5.91 Å². The summed E-state index contributed by atoms with van der Waals surface area (Å²) in [6, 6.07) is 0. The monoisotopic (exact) mass is 211 g/mol. The van der Waals surface area contributed by atoms with E-state index in [2.05, 4.69) is 5.32 Å². The molecule has 1 N–H and O–H groups in total. The van der Waals surface area contributed by atoms with Gasteiger partial charge in [0.2, 0.25) is 5.91 Å². The van der Waals surface area contributed by atoms with Gasteiger partial charge in [-0.3, -0.25) is 4.79 Å². The average Bonchev–Trinajstić information content (AvgIpc) is 2.67. The first-order valence-corrected chi connectivity index (χ1v) is 6.25. The molecule has 0 spiro atoms. The Kier molecular flexibility index (Phi) is 4.01. The fraction of sp³-hybridized carbons (Fsp3) is 0.917. The normalized spacial score (nSPS) is 32.4. The highest BCUT2D eigenvalue weighted by Gasteiger charge is 2.23. The maximum atomic E-state index is 11.7. The van der Waals surface area contributed by atoms with Crippen LogP contribution in [0, 0.1) is 5.92 Å². The largest absolute Gasteiger partial charge is 0.378 e. The molecule has 3 heteroatoms. The van der Waals surface area contributed by atoms with Gasteiger partial charge in [-0.25, -0.2) is 0 Å². The number of amides is 1. The maximum Gasteiger partial charge on any atom is 0.223 e. The first-order chi connectivity index (χ1) is 7.36. The van der Waals surface area contributed by atoms with Crippen molar-refractivity contribution in [3.63, 3.8) is 0 Å². The summed E-state index contributed by atoms with van der Waals surface area (Å²) in [6.07, 6.45) is 8.29. The highest BCUT2D eigenvalue weighted by molar-refractivity contribution is 5.78. The van der Waals surface area contributed by atoms with Crippen molar-refractivity contribution in [3.05, 3.63) is 0 Å². The second-order valence-corrected chi connectivity index (χ2v) is 4.70. The molecule has 0 aromatic carbocycles. The van der Waals surface area contributed by atoms with Crippen molar-refractivity contribution in [1.82, 2.24) is 5.32 Å². The third-order valence-corrected chi connectivity index (χ3v) is 3.51. The molecule has 1 amide bonds. The van der Waals surface area contributed by atoms with Gasteiger partial charge in [-0.1, -0.05) is 6.42 Å². The lowest BCUT2D eigenvalue weighted by Crippen LogP contribution is -2.29. The van der Waals surface area contributed by atoms with Crippen molar-refractivity contribution in [1.29, 1.82) is 0 Å². The maximum absolute atomic E-state index is 11.7. The lowest BCUT2D eigenvalue weighted by molar-refractivity contribution is -0.125. The molecular weight excluding hydrogens is 190 g/mol. The van der Waals surface area contributed by atoms with E-state index in [-0.39, 0.29) is 11.8 Å². The number of hydrogen-bond donors (Lipinski definition) is 1. The number of ether oxygens (including phenoxy) is 1. The van der Waals surface area contributed by atoms with Crippen LogP contribution in [0.15, 0.2) is 0 Å². The van der Waals surface area contributed by atoms with Gasteiger partial charge in [0.25, 0.3) is 0 Å². The zero-order chi connectivity index (χ0) is 10.5. The van der Waals surface area contributed by atoms with E-state index in [1.807, 2.05) is 0 Å². The zero-order valence-electron chi connectivity index (χ0n) is 9.34. The van der Waals surface area contributed by atoms with Crippen LogP contribution in [0.5, 0.6) is 0 Å². The summed E-state index contributed by atoms with van der Waals surface area (Å²) in [5, 5.41) is 2.99. The van der Waals surface area contributed by atoms with Gasteiger partial charge in [0.1, 0.15) is 0 Å². The lowest BCUT2D eigenvalue weighted by Gasteiger charge is -2.15. The van der Waals surface area contributed by atoms with Crippen molar-refractivity contribution in [3.8, 4) is 0 Å². The second-order valence-electron chi connectivity index (χ2n) is 4.70. The van der Waals surface area contributed by atoms with Gasteiger partial charge in [0.15, 0.2) is 0 Å². The Morgan fingerprint density at radius 2 is 2.13 bits per heavy atom. The van der Waals surface area contributed by atoms with Crippen molar-refractivity contribution in [2.24, 2.45) is 5.92 Å². The summed E-state index contributed by atoms with van der Waals surface area (Å²) >= 11 is 0. The second kappa shape index (κ2) is 5.50. The van der Waals surface area contributed by atoms with Gasteiger partial charge in [-0.2, -0.15) is 0 Å². The standard InChI is InChI=1S/C12H21NO2/c14-12-10(4-1-2-8-13-12)6-7-11-5-3-9-15-11/h10-11H,1-9H2,(H,13,14). The van der Waals surface area contributed by atoms with Gasteiger partial charge >= 0.3 is 0 Å². The van der Waals surface area contributed by atoms with E-state index in [9.17, 15) is 4.79 Å². The molecule has 2 rings (SSSR count). The van der Waals surface area contributed by atoms with Gasteiger partial charge in [-0.15, -0.1) is 0 Å². The van der Waals surface area contributed by atoms with E-state index in [0.717, 1.165) is 38.8 Å². The average molecular weight is 211 g/mol. The fourth-order valence-corrected chi connectivity index (χ4v) is 2.54. The number of carbonyl (C=O) groups excluding carboxylic acids is 1. The first-order valence-electron chi connectivity index (χ1n) is 6.25. The summed E-state index contributed by atoms with van der Waals surface area (Å²) in [6.45, 7) is 1.79. The molecule has 2 fully saturated rings. The smallest absolute Gasteiger partial charge is 0.223 e. The van der Waals surface area contributed by atoms with E-state index >= 15 is 0 Å². The Morgan fingerprint density at radius 1 is 1.20 bits per heavy atom. The molecule has 86 valence electrons. The summed E-state index contributed by atoms with van der Waals surface area (Å²) in [5.41, 5.74) is 0. The number of carbonyl (C=O) groups is 1. The van der Waals surface area contributed by atoms with Crippen LogP contribution in [-0.2, 0) is 9.53 Å². The fourth-order valence-electron chi connectivity index (χ4n) is 2.54. The van der Waals surface area contributed by atoms with Crippen LogP contribution in [0.3, 0.4) is 0 Å². The number of hydrogen-bond acceptors (Lipinski definition) is 2. The van der Waals surface area contributed by atoms with Crippen molar-refractivity contribution in [2.75, 3.05) is 13.2 Å². The molecule has 0 aromatic rings. The Labute approximate surface area is 91.6 Å². The zero-order valence-corrected chi connectivity index (χ0v) is 9.34. The quantitative estimate of drug-likeness (QED) is 0.774. The molecule has 3 nitrogen and oxygen atoms in total. The number of rotatable bonds is 3. The molecule has 2 saturated heterocycles. The van der Waals surface area contributed by atoms with Gasteiger partial charge in [-0.05, 0) is 38.5 Å². The Balaban J connectivity index is 1.73. The molecule has 0 aliphatic carbocycles. The molecule has 2 aliphatic heterocycles. The highest BCUT2D eigenvalue weighted by atomic mass is 16.5. The van der Waals surface area contributed by atoms with Crippen LogP contribution in [0.1, 0.15) is 44.9 Å². The molecule has 0 radical (unpaired) electrons. The molecule has 0 saturated carbocycles. The Morgan fingerprint density at radius 3 is 2.93 bits per heavy atom. The molecule has 2 heterocycles. The van der Waals surface area contributed by atoms with Gasteiger partial charge < -0.3 is 10.1 Å². The predicted octanol–water partition coefficient (Wildman–Crippen LogP) is 1.86. The SMILES string of the molecule is O=C1NCCCCC1CCC1CCCO1. The lowest BCUT2D eigenvalue weighted by atomic mass is 9.95. The van der Waals surface area contributed by atoms with E-state index in [4.69, 9.17) is 4.74 Å². The van der Waals surface area contributed by atoms with Crippen LogP contribution in [0.25, 0.3) is 0 Å².